The van der Waals surface area contributed by atoms with Gasteiger partial charge in [-0.15, -0.1) is 0 Å². The molecule has 1 aromatic rings. The summed E-state index contributed by atoms with van der Waals surface area (Å²) in [4.78, 5) is 0. The number of aliphatic hydroxyl groups excluding tert-OH is 1. The molecule has 1 saturated carbocycles. The molecule has 1 N–H and O–H groups in total. The molecule has 11 heavy (non-hydrogen) atoms. The van der Waals surface area contributed by atoms with Gasteiger partial charge >= 0.3 is 0 Å². The van der Waals surface area contributed by atoms with Crippen molar-refractivity contribution in [1.29, 1.82) is 0 Å². The van der Waals surface area contributed by atoms with Crippen LogP contribution in [0.3, 0.4) is 0 Å². The van der Waals surface area contributed by atoms with Gasteiger partial charge in [-0.2, -0.15) is 5.10 Å². The summed E-state index contributed by atoms with van der Waals surface area (Å²) in [5.74, 6) is 0.682. The summed E-state index contributed by atoms with van der Waals surface area (Å²) in [6, 6.07) is 2.00. The quantitative estimate of drug-likeness (QED) is 0.680. The Bertz CT molecular complexity index is 263. The molecule has 0 unspecified atom stereocenters. The summed E-state index contributed by atoms with van der Waals surface area (Å²) in [7, 11) is 1.87. The van der Waals surface area contributed by atoms with Crippen molar-refractivity contribution in [2.45, 2.75) is 25.4 Å². The summed E-state index contributed by atoms with van der Waals surface area (Å²) in [6.45, 7) is 0.0935. The fourth-order valence-electron chi connectivity index (χ4n) is 1.26. The lowest BCUT2D eigenvalue weighted by Gasteiger charge is -1.92. The topological polar surface area (TPSA) is 38.0 Å². The van der Waals surface area contributed by atoms with Gasteiger partial charge in [0, 0.05) is 13.0 Å². The Labute approximate surface area is 65.7 Å². The lowest BCUT2D eigenvalue weighted by atomic mass is 10.3. The Kier molecular flexibility index (Phi) is 1.46. The highest BCUT2D eigenvalue weighted by atomic mass is 16.3. The summed E-state index contributed by atoms with van der Waals surface area (Å²) >= 11 is 0. The van der Waals surface area contributed by atoms with E-state index in [4.69, 9.17) is 5.11 Å². The van der Waals surface area contributed by atoms with Gasteiger partial charge in [0.1, 0.15) is 0 Å². The Morgan fingerprint density at radius 3 is 2.91 bits per heavy atom. The van der Waals surface area contributed by atoms with Crippen LogP contribution in [-0.4, -0.2) is 14.9 Å². The molecule has 0 aromatic carbocycles. The second-order valence-electron chi connectivity index (χ2n) is 3.12. The molecule has 1 aromatic heterocycles. The van der Waals surface area contributed by atoms with Gasteiger partial charge in [-0.1, -0.05) is 0 Å². The first-order chi connectivity index (χ1) is 5.31. The van der Waals surface area contributed by atoms with E-state index >= 15 is 0 Å². The highest BCUT2D eigenvalue weighted by molar-refractivity contribution is 5.17. The smallest absolute Gasteiger partial charge is 0.0849 e. The Hall–Kier alpha value is -0.830. The average molecular weight is 152 g/mol. The summed E-state index contributed by atoms with van der Waals surface area (Å²) < 4.78 is 1.76. The second-order valence-corrected chi connectivity index (χ2v) is 3.12. The highest BCUT2D eigenvalue weighted by Crippen LogP contribution is 2.39. The lowest BCUT2D eigenvalue weighted by Crippen LogP contribution is -1.97. The maximum Gasteiger partial charge on any atom is 0.0849 e. The van der Waals surface area contributed by atoms with Crippen LogP contribution in [0.5, 0.6) is 0 Å². The molecule has 1 fully saturated rings. The SMILES string of the molecule is Cn1nc(C2CC2)cc1CO. The number of aliphatic hydroxyl groups is 1. The molecule has 0 amide bonds. The Balaban J connectivity index is 2.28. The third kappa shape index (κ3) is 1.16. The van der Waals surface area contributed by atoms with Gasteiger partial charge in [0.25, 0.3) is 0 Å². The van der Waals surface area contributed by atoms with Gasteiger partial charge in [0.15, 0.2) is 0 Å². The van der Waals surface area contributed by atoms with Gasteiger partial charge < -0.3 is 5.11 Å². The van der Waals surface area contributed by atoms with Crippen molar-refractivity contribution in [3.05, 3.63) is 17.5 Å². The predicted molar refractivity (Wildman–Crippen MR) is 41.1 cm³/mol. The number of hydrogen-bond acceptors (Lipinski definition) is 2. The van der Waals surface area contributed by atoms with E-state index in [0.29, 0.717) is 5.92 Å². The molecule has 0 saturated heterocycles. The minimum absolute atomic E-state index is 0.0935. The molecule has 60 valence electrons. The van der Waals surface area contributed by atoms with Crippen molar-refractivity contribution >= 4 is 0 Å². The van der Waals surface area contributed by atoms with Gasteiger partial charge in [-0.05, 0) is 18.9 Å². The maximum absolute atomic E-state index is 8.87. The molecule has 0 radical (unpaired) electrons. The van der Waals surface area contributed by atoms with Crippen LogP contribution < -0.4 is 0 Å². The van der Waals surface area contributed by atoms with Crippen molar-refractivity contribution in [3.63, 3.8) is 0 Å². The number of aryl methyl sites for hydroxylation is 1. The van der Waals surface area contributed by atoms with E-state index in [2.05, 4.69) is 5.10 Å². The monoisotopic (exact) mass is 152 g/mol. The van der Waals surface area contributed by atoms with Crippen LogP contribution in [0, 0.1) is 0 Å². The first-order valence-electron chi connectivity index (χ1n) is 3.95. The molecule has 0 atom stereocenters. The zero-order valence-electron chi connectivity index (χ0n) is 6.62. The van der Waals surface area contributed by atoms with Crippen LogP contribution in [0.2, 0.25) is 0 Å². The molecular weight excluding hydrogens is 140 g/mol. The molecule has 1 heterocycles. The van der Waals surface area contributed by atoms with Gasteiger partial charge in [0.2, 0.25) is 0 Å². The first-order valence-corrected chi connectivity index (χ1v) is 3.95. The molecule has 0 bridgehead atoms. The Morgan fingerprint density at radius 2 is 2.45 bits per heavy atom. The van der Waals surface area contributed by atoms with Crippen LogP contribution in [0.25, 0.3) is 0 Å². The molecule has 0 aliphatic heterocycles. The minimum atomic E-state index is 0.0935. The molecule has 1 aliphatic carbocycles. The van der Waals surface area contributed by atoms with Crippen LogP contribution in [0.4, 0.5) is 0 Å². The van der Waals surface area contributed by atoms with Crippen LogP contribution >= 0.6 is 0 Å². The summed E-state index contributed by atoms with van der Waals surface area (Å²) in [5.41, 5.74) is 2.06. The van der Waals surface area contributed by atoms with Crippen molar-refractivity contribution in [3.8, 4) is 0 Å². The van der Waals surface area contributed by atoms with Gasteiger partial charge in [-0.3, -0.25) is 4.68 Å². The normalized spacial score (nSPS) is 17.3. The molecule has 0 spiro atoms. The third-order valence-corrected chi connectivity index (χ3v) is 2.15. The minimum Gasteiger partial charge on any atom is -0.390 e. The predicted octanol–water partition coefficient (Wildman–Crippen LogP) is 0.790. The molecular formula is C8H12N2O. The van der Waals surface area contributed by atoms with Gasteiger partial charge in [-0.25, -0.2) is 0 Å². The summed E-state index contributed by atoms with van der Waals surface area (Å²) in [6.07, 6.45) is 2.53. The standard InChI is InChI=1S/C8H12N2O/c1-10-7(5-11)4-8(9-10)6-2-3-6/h4,6,11H,2-3,5H2,1H3. The van der Waals surface area contributed by atoms with Crippen LogP contribution in [-0.2, 0) is 13.7 Å². The highest BCUT2D eigenvalue weighted by Gasteiger charge is 2.26. The molecule has 1 aliphatic rings. The zero-order chi connectivity index (χ0) is 7.84. The van der Waals surface area contributed by atoms with Crippen molar-refractivity contribution in [2.24, 2.45) is 7.05 Å². The number of hydrogen-bond donors (Lipinski definition) is 1. The fourth-order valence-corrected chi connectivity index (χ4v) is 1.26. The van der Waals surface area contributed by atoms with Crippen LogP contribution in [0.15, 0.2) is 6.07 Å². The molecule has 3 heteroatoms. The fraction of sp³-hybridized carbons (Fsp3) is 0.625. The summed E-state index contributed by atoms with van der Waals surface area (Å²) in [5, 5.41) is 13.2. The van der Waals surface area contributed by atoms with E-state index in [-0.39, 0.29) is 6.61 Å². The number of aromatic nitrogens is 2. The van der Waals surface area contributed by atoms with E-state index in [1.165, 1.54) is 12.8 Å². The van der Waals surface area contributed by atoms with Gasteiger partial charge in [0.05, 0.1) is 18.0 Å². The third-order valence-electron chi connectivity index (χ3n) is 2.15. The van der Waals surface area contributed by atoms with E-state index in [0.717, 1.165) is 11.4 Å². The van der Waals surface area contributed by atoms with E-state index in [1.54, 1.807) is 4.68 Å². The first kappa shape index (κ1) is 6.85. The lowest BCUT2D eigenvalue weighted by molar-refractivity contribution is 0.270. The number of rotatable bonds is 2. The van der Waals surface area contributed by atoms with Crippen molar-refractivity contribution in [1.82, 2.24) is 9.78 Å². The average Bonchev–Trinajstić information content (AvgIpc) is 2.76. The van der Waals surface area contributed by atoms with E-state index in [1.807, 2.05) is 13.1 Å². The zero-order valence-corrected chi connectivity index (χ0v) is 6.62. The molecule has 2 rings (SSSR count). The van der Waals surface area contributed by atoms with Crippen LogP contribution in [0.1, 0.15) is 30.1 Å². The maximum atomic E-state index is 8.87. The Morgan fingerprint density at radius 1 is 1.73 bits per heavy atom. The molecule has 3 nitrogen and oxygen atoms in total. The van der Waals surface area contributed by atoms with Crippen molar-refractivity contribution in [2.75, 3.05) is 0 Å². The number of nitrogens with zero attached hydrogens (tertiary/aromatic N) is 2. The largest absolute Gasteiger partial charge is 0.390 e. The van der Waals surface area contributed by atoms with E-state index < -0.39 is 0 Å². The van der Waals surface area contributed by atoms with Crippen molar-refractivity contribution < 1.29 is 5.11 Å². The van der Waals surface area contributed by atoms with E-state index in [9.17, 15) is 0 Å². The second kappa shape index (κ2) is 2.34.